The molecule has 0 spiro atoms. The monoisotopic (exact) mass is 302 g/mol. The van der Waals surface area contributed by atoms with Gasteiger partial charge >= 0.3 is 6.03 Å². The minimum absolute atomic E-state index is 0.176. The lowest BCUT2D eigenvalue weighted by Gasteiger charge is -2.20. The van der Waals surface area contributed by atoms with Crippen LogP contribution < -0.4 is 10.6 Å². The zero-order valence-electron chi connectivity index (χ0n) is 12.5. The van der Waals surface area contributed by atoms with Gasteiger partial charge in [-0.1, -0.05) is 6.07 Å². The van der Waals surface area contributed by atoms with Gasteiger partial charge in [0.2, 0.25) is 5.91 Å². The number of nitrogens with one attached hydrogen (secondary N) is 2. The quantitative estimate of drug-likeness (QED) is 0.813. The molecule has 22 heavy (non-hydrogen) atoms. The molecule has 3 rings (SSSR count). The number of hydrogen-bond acceptors (Lipinski definition) is 4. The Labute approximate surface area is 128 Å². The van der Waals surface area contributed by atoms with E-state index in [9.17, 15) is 14.4 Å². The lowest BCUT2D eigenvalue weighted by atomic mass is 9.96. The topological polar surface area (TPSA) is 91.4 Å². The smallest absolute Gasteiger partial charge is 0.323 e. The molecule has 0 aromatic carbocycles. The third kappa shape index (κ3) is 2.54. The first-order chi connectivity index (χ1) is 10.4. The third-order valence-electron chi connectivity index (χ3n) is 4.15. The number of rotatable bonds is 4. The van der Waals surface area contributed by atoms with E-state index in [0.717, 1.165) is 23.4 Å². The molecule has 2 heterocycles. The summed E-state index contributed by atoms with van der Waals surface area (Å²) in [6, 6.07) is 4.74. The van der Waals surface area contributed by atoms with Gasteiger partial charge in [0.15, 0.2) is 0 Å². The molecule has 0 unspecified atom stereocenters. The molecule has 7 nitrogen and oxygen atoms in total. The van der Waals surface area contributed by atoms with E-state index in [4.69, 9.17) is 0 Å². The third-order valence-corrected chi connectivity index (χ3v) is 4.15. The number of imide groups is 1. The number of amides is 4. The SMILES string of the molecule is Cc1cccc(NC(=O)CN2C(=O)N[C@@](C)(C3CC3)C2=O)n1. The molecule has 1 aliphatic heterocycles. The normalized spacial score (nSPS) is 24.4. The first-order valence-electron chi connectivity index (χ1n) is 7.28. The number of aryl methyl sites for hydroxylation is 1. The van der Waals surface area contributed by atoms with E-state index >= 15 is 0 Å². The van der Waals surface area contributed by atoms with E-state index in [1.807, 2.05) is 13.0 Å². The summed E-state index contributed by atoms with van der Waals surface area (Å²) in [5, 5.41) is 5.31. The summed E-state index contributed by atoms with van der Waals surface area (Å²) in [6.45, 7) is 3.24. The molecule has 1 aliphatic carbocycles. The maximum absolute atomic E-state index is 12.4. The van der Waals surface area contributed by atoms with Crippen LogP contribution in [0, 0.1) is 12.8 Å². The van der Waals surface area contributed by atoms with Gasteiger partial charge in [0.25, 0.3) is 5.91 Å². The predicted molar refractivity (Wildman–Crippen MR) is 79.0 cm³/mol. The number of carbonyl (C=O) groups is 3. The number of hydrogen-bond donors (Lipinski definition) is 2. The molecule has 2 fully saturated rings. The highest BCUT2D eigenvalue weighted by Crippen LogP contribution is 2.42. The highest BCUT2D eigenvalue weighted by molar-refractivity contribution is 6.10. The molecular weight excluding hydrogens is 284 g/mol. The molecule has 1 saturated heterocycles. The summed E-state index contributed by atoms with van der Waals surface area (Å²) in [7, 11) is 0. The number of nitrogens with zero attached hydrogens (tertiary/aromatic N) is 2. The molecule has 1 atom stereocenters. The van der Waals surface area contributed by atoms with Crippen LogP contribution in [0.25, 0.3) is 0 Å². The number of pyridine rings is 1. The Kier molecular flexibility index (Phi) is 3.35. The second kappa shape index (κ2) is 5.08. The number of aromatic nitrogens is 1. The van der Waals surface area contributed by atoms with E-state index < -0.39 is 17.5 Å². The van der Waals surface area contributed by atoms with Gasteiger partial charge in [-0.05, 0) is 44.7 Å². The van der Waals surface area contributed by atoms with Crippen LogP contribution in [0.5, 0.6) is 0 Å². The van der Waals surface area contributed by atoms with E-state index in [1.54, 1.807) is 19.1 Å². The molecule has 0 radical (unpaired) electrons. The predicted octanol–water partition coefficient (Wildman–Crippen LogP) is 1.05. The fraction of sp³-hybridized carbons (Fsp3) is 0.467. The average Bonchev–Trinajstić information content (AvgIpc) is 3.25. The van der Waals surface area contributed by atoms with Crippen molar-refractivity contribution in [3.63, 3.8) is 0 Å². The Hall–Kier alpha value is -2.44. The molecule has 2 N–H and O–H groups in total. The number of urea groups is 1. The first-order valence-corrected chi connectivity index (χ1v) is 7.28. The molecular formula is C15H18N4O3. The molecule has 1 aromatic rings. The number of anilines is 1. The van der Waals surface area contributed by atoms with Gasteiger partial charge in [0.1, 0.15) is 17.9 Å². The Morgan fingerprint density at radius 3 is 2.82 bits per heavy atom. The average molecular weight is 302 g/mol. The van der Waals surface area contributed by atoms with E-state index in [2.05, 4.69) is 15.6 Å². The zero-order valence-corrected chi connectivity index (χ0v) is 12.5. The van der Waals surface area contributed by atoms with Crippen LogP contribution in [0.3, 0.4) is 0 Å². The van der Waals surface area contributed by atoms with Gasteiger partial charge in [-0.15, -0.1) is 0 Å². The lowest BCUT2D eigenvalue weighted by Crippen LogP contribution is -2.46. The second-order valence-electron chi connectivity index (χ2n) is 6.01. The summed E-state index contributed by atoms with van der Waals surface area (Å²) in [4.78, 5) is 41.6. The molecule has 1 aromatic heterocycles. The summed E-state index contributed by atoms with van der Waals surface area (Å²) < 4.78 is 0. The molecule has 4 amide bonds. The lowest BCUT2D eigenvalue weighted by molar-refractivity contribution is -0.134. The van der Waals surface area contributed by atoms with E-state index in [0.29, 0.717) is 5.82 Å². The maximum Gasteiger partial charge on any atom is 0.325 e. The summed E-state index contributed by atoms with van der Waals surface area (Å²) in [5.74, 6) is -0.188. The van der Waals surface area contributed by atoms with Crippen molar-refractivity contribution in [1.82, 2.24) is 15.2 Å². The van der Waals surface area contributed by atoms with Crippen LogP contribution in [-0.2, 0) is 9.59 Å². The molecule has 0 bridgehead atoms. The van der Waals surface area contributed by atoms with Crippen molar-refractivity contribution in [3.05, 3.63) is 23.9 Å². The highest BCUT2D eigenvalue weighted by Gasteiger charge is 2.56. The summed E-state index contributed by atoms with van der Waals surface area (Å²) in [5.41, 5.74) is -0.0898. The van der Waals surface area contributed by atoms with Gasteiger partial charge in [-0.3, -0.25) is 14.5 Å². The minimum atomic E-state index is -0.862. The minimum Gasteiger partial charge on any atom is -0.323 e. The van der Waals surface area contributed by atoms with E-state index in [-0.39, 0.29) is 18.4 Å². The van der Waals surface area contributed by atoms with Gasteiger partial charge in [0, 0.05) is 5.69 Å². The van der Waals surface area contributed by atoms with Crippen LogP contribution in [0.4, 0.5) is 10.6 Å². The van der Waals surface area contributed by atoms with Crippen LogP contribution in [0.15, 0.2) is 18.2 Å². The van der Waals surface area contributed by atoms with Crippen LogP contribution in [-0.4, -0.2) is 39.8 Å². The largest absolute Gasteiger partial charge is 0.325 e. The van der Waals surface area contributed by atoms with Crippen molar-refractivity contribution in [2.75, 3.05) is 11.9 Å². The van der Waals surface area contributed by atoms with Gasteiger partial charge < -0.3 is 10.6 Å². The Morgan fingerprint density at radius 2 is 2.18 bits per heavy atom. The second-order valence-corrected chi connectivity index (χ2v) is 6.01. The molecule has 1 saturated carbocycles. The molecule has 2 aliphatic rings. The van der Waals surface area contributed by atoms with Crippen molar-refractivity contribution in [2.45, 2.75) is 32.2 Å². The summed E-state index contributed by atoms with van der Waals surface area (Å²) in [6.07, 6.45) is 1.85. The highest BCUT2D eigenvalue weighted by atomic mass is 16.2. The van der Waals surface area contributed by atoms with Crippen molar-refractivity contribution in [1.29, 1.82) is 0 Å². The Bertz CT molecular complexity index is 656. The van der Waals surface area contributed by atoms with Crippen molar-refractivity contribution >= 4 is 23.7 Å². The summed E-state index contributed by atoms with van der Waals surface area (Å²) >= 11 is 0. The van der Waals surface area contributed by atoms with Crippen LogP contribution in [0.1, 0.15) is 25.5 Å². The fourth-order valence-electron chi connectivity index (χ4n) is 2.74. The van der Waals surface area contributed by atoms with Crippen LogP contribution >= 0.6 is 0 Å². The van der Waals surface area contributed by atoms with Gasteiger partial charge in [-0.2, -0.15) is 0 Å². The standard InChI is InChI=1S/C15H18N4O3/c1-9-4-3-5-11(16-9)17-12(20)8-19-13(21)15(2,10-6-7-10)18-14(19)22/h3-5,10H,6-8H2,1-2H3,(H,18,22)(H,16,17,20)/t15-/m0/s1. The van der Waals surface area contributed by atoms with Gasteiger partial charge in [0.05, 0.1) is 0 Å². The zero-order chi connectivity index (χ0) is 15.9. The Morgan fingerprint density at radius 1 is 1.45 bits per heavy atom. The number of carbonyl (C=O) groups excluding carboxylic acids is 3. The van der Waals surface area contributed by atoms with Crippen LogP contribution in [0.2, 0.25) is 0 Å². The molecule has 116 valence electrons. The van der Waals surface area contributed by atoms with Crippen molar-refractivity contribution < 1.29 is 14.4 Å². The molecule has 7 heteroatoms. The first kappa shape index (κ1) is 14.5. The van der Waals surface area contributed by atoms with Crippen molar-refractivity contribution in [3.8, 4) is 0 Å². The van der Waals surface area contributed by atoms with Crippen molar-refractivity contribution in [2.24, 2.45) is 5.92 Å². The Balaban J connectivity index is 1.66. The van der Waals surface area contributed by atoms with E-state index in [1.165, 1.54) is 0 Å². The fourth-order valence-corrected chi connectivity index (χ4v) is 2.74. The maximum atomic E-state index is 12.4. The van der Waals surface area contributed by atoms with Gasteiger partial charge in [-0.25, -0.2) is 9.78 Å².